The van der Waals surface area contributed by atoms with E-state index in [0.29, 0.717) is 12.4 Å². The van der Waals surface area contributed by atoms with Gasteiger partial charge in [0.1, 0.15) is 11.5 Å². The van der Waals surface area contributed by atoms with E-state index in [4.69, 9.17) is 0 Å². The summed E-state index contributed by atoms with van der Waals surface area (Å²) in [5.74, 6) is 0.613. The highest BCUT2D eigenvalue weighted by Crippen LogP contribution is 2.28. The van der Waals surface area contributed by atoms with E-state index in [2.05, 4.69) is 25.3 Å². The summed E-state index contributed by atoms with van der Waals surface area (Å²) >= 11 is 0. The molecular weight excluding hydrogens is 349 g/mol. The minimum absolute atomic E-state index is 0.0203. The molecule has 10 heteroatoms. The molecule has 1 unspecified atom stereocenters. The van der Waals surface area contributed by atoms with Gasteiger partial charge in [0, 0.05) is 38.4 Å². The molecule has 1 aliphatic heterocycles. The number of nitrogens with one attached hydrogen (secondary N) is 1. The number of aryl methyl sites for hydroxylation is 1. The minimum atomic E-state index is -4.50. The summed E-state index contributed by atoms with van der Waals surface area (Å²) in [5, 5.41) is 7.16. The molecule has 26 heavy (non-hydrogen) atoms. The van der Waals surface area contributed by atoms with Crippen molar-refractivity contribution < 1.29 is 13.2 Å². The first-order valence-corrected chi connectivity index (χ1v) is 8.30. The van der Waals surface area contributed by atoms with Crippen LogP contribution in [0.25, 0.3) is 0 Å². The number of hydrogen-bond donors (Lipinski definition) is 1. The van der Waals surface area contributed by atoms with Crippen molar-refractivity contribution in [2.45, 2.75) is 31.5 Å². The average Bonchev–Trinajstić information content (AvgIpc) is 2.62. The van der Waals surface area contributed by atoms with Gasteiger partial charge in [0.05, 0.1) is 0 Å². The Morgan fingerprint density at radius 3 is 2.81 bits per heavy atom. The first kappa shape index (κ1) is 18.2. The highest BCUT2D eigenvalue weighted by Gasteiger charge is 2.33. The van der Waals surface area contributed by atoms with Gasteiger partial charge in [-0.3, -0.25) is 4.79 Å². The molecule has 2 aromatic heterocycles. The summed E-state index contributed by atoms with van der Waals surface area (Å²) in [5.41, 5.74) is -1.17. The van der Waals surface area contributed by atoms with Crippen molar-refractivity contribution in [1.82, 2.24) is 19.7 Å². The third-order valence-corrected chi connectivity index (χ3v) is 4.31. The fourth-order valence-electron chi connectivity index (χ4n) is 2.97. The number of alkyl halides is 3. The highest BCUT2D eigenvalue weighted by atomic mass is 19.4. The van der Waals surface area contributed by atoms with Crippen LogP contribution < -0.4 is 15.8 Å². The van der Waals surface area contributed by atoms with Crippen molar-refractivity contribution in [1.29, 1.82) is 0 Å². The average molecular weight is 368 g/mol. The van der Waals surface area contributed by atoms with E-state index in [-0.39, 0.29) is 17.5 Å². The number of halogens is 3. The van der Waals surface area contributed by atoms with Crippen LogP contribution >= 0.6 is 0 Å². The molecule has 0 radical (unpaired) electrons. The SMILES string of the molecule is Cn1nc(N2CCCCC2CNc2nccc(C(F)(F)F)n2)ccc1=O. The van der Waals surface area contributed by atoms with Gasteiger partial charge in [-0.15, -0.1) is 0 Å². The van der Waals surface area contributed by atoms with Crippen LogP contribution in [0.3, 0.4) is 0 Å². The number of nitrogens with zero attached hydrogens (tertiary/aromatic N) is 5. The van der Waals surface area contributed by atoms with Crippen molar-refractivity contribution in [3.63, 3.8) is 0 Å². The quantitative estimate of drug-likeness (QED) is 0.890. The first-order valence-electron chi connectivity index (χ1n) is 8.30. The Kier molecular flexibility index (Phi) is 5.10. The maximum atomic E-state index is 12.8. The summed E-state index contributed by atoms with van der Waals surface area (Å²) in [7, 11) is 1.58. The summed E-state index contributed by atoms with van der Waals surface area (Å²) in [6.07, 6.45) is -0.560. The van der Waals surface area contributed by atoms with E-state index in [0.717, 1.165) is 38.1 Å². The Balaban J connectivity index is 1.73. The molecule has 0 saturated carbocycles. The predicted molar refractivity (Wildman–Crippen MR) is 90.0 cm³/mol. The van der Waals surface area contributed by atoms with E-state index < -0.39 is 11.9 Å². The van der Waals surface area contributed by atoms with Crippen molar-refractivity contribution >= 4 is 11.8 Å². The summed E-state index contributed by atoms with van der Waals surface area (Å²) in [6, 6.07) is 3.98. The molecule has 0 spiro atoms. The van der Waals surface area contributed by atoms with E-state index >= 15 is 0 Å². The lowest BCUT2D eigenvalue weighted by molar-refractivity contribution is -0.141. The molecule has 3 heterocycles. The van der Waals surface area contributed by atoms with Crippen molar-refractivity contribution in [2.75, 3.05) is 23.3 Å². The van der Waals surface area contributed by atoms with Crippen LogP contribution in [0.4, 0.5) is 24.9 Å². The molecule has 0 aliphatic carbocycles. The van der Waals surface area contributed by atoms with Gasteiger partial charge in [-0.05, 0) is 31.4 Å². The van der Waals surface area contributed by atoms with Crippen molar-refractivity contribution in [3.05, 3.63) is 40.4 Å². The molecule has 0 aromatic carbocycles. The highest BCUT2D eigenvalue weighted by molar-refractivity contribution is 5.40. The number of hydrogen-bond acceptors (Lipinski definition) is 6. The summed E-state index contributed by atoms with van der Waals surface area (Å²) in [4.78, 5) is 21.0. The minimum Gasteiger partial charge on any atom is -0.352 e. The lowest BCUT2D eigenvalue weighted by Gasteiger charge is -2.36. The molecule has 140 valence electrons. The molecule has 1 atom stereocenters. The second-order valence-corrected chi connectivity index (χ2v) is 6.14. The van der Waals surface area contributed by atoms with Crippen molar-refractivity contribution in [3.8, 4) is 0 Å². The van der Waals surface area contributed by atoms with E-state index in [9.17, 15) is 18.0 Å². The van der Waals surface area contributed by atoms with Gasteiger partial charge in [-0.2, -0.15) is 18.3 Å². The van der Waals surface area contributed by atoms with Crippen LogP contribution in [0, 0.1) is 0 Å². The van der Waals surface area contributed by atoms with Gasteiger partial charge in [-0.25, -0.2) is 14.6 Å². The largest absolute Gasteiger partial charge is 0.433 e. The molecule has 1 fully saturated rings. The molecule has 3 rings (SSSR count). The third-order valence-electron chi connectivity index (χ3n) is 4.31. The monoisotopic (exact) mass is 368 g/mol. The standard InChI is InChI=1S/C16H19F3N6O/c1-24-14(26)6-5-13(23-24)25-9-3-2-4-11(25)10-21-15-20-8-7-12(22-15)16(17,18)19/h5-8,11H,2-4,9-10H2,1H3,(H,20,21,22). The maximum Gasteiger partial charge on any atom is 0.433 e. The molecule has 0 bridgehead atoms. The smallest absolute Gasteiger partial charge is 0.352 e. The van der Waals surface area contributed by atoms with Gasteiger partial charge < -0.3 is 10.2 Å². The first-order chi connectivity index (χ1) is 12.3. The van der Waals surface area contributed by atoms with E-state index in [1.165, 1.54) is 10.7 Å². The van der Waals surface area contributed by atoms with Crippen LogP contribution in [0.1, 0.15) is 25.0 Å². The van der Waals surface area contributed by atoms with Crippen LogP contribution in [0.5, 0.6) is 0 Å². The molecule has 2 aromatic rings. The zero-order chi connectivity index (χ0) is 18.7. The Hall–Kier alpha value is -2.65. The lowest BCUT2D eigenvalue weighted by Crippen LogP contribution is -2.45. The lowest BCUT2D eigenvalue weighted by atomic mass is 10.0. The van der Waals surface area contributed by atoms with E-state index in [1.807, 2.05) is 0 Å². The third kappa shape index (κ3) is 4.12. The van der Waals surface area contributed by atoms with Gasteiger partial charge in [-0.1, -0.05) is 0 Å². The topological polar surface area (TPSA) is 75.9 Å². The van der Waals surface area contributed by atoms with Gasteiger partial charge in [0.25, 0.3) is 5.56 Å². The molecule has 1 aliphatic rings. The van der Waals surface area contributed by atoms with E-state index in [1.54, 1.807) is 13.1 Å². The van der Waals surface area contributed by atoms with Crippen LogP contribution in [0.2, 0.25) is 0 Å². The molecule has 1 saturated heterocycles. The molecule has 7 nitrogen and oxygen atoms in total. The summed E-state index contributed by atoms with van der Waals surface area (Å²) < 4.78 is 39.5. The number of piperidine rings is 1. The summed E-state index contributed by atoms with van der Waals surface area (Å²) in [6.45, 7) is 1.15. The zero-order valence-corrected chi connectivity index (χ0v) is 14.2. The number of anilines is 2. The maximum absolute atomic E-state index is 12.8. The van der Waals surface area contributed by atoms with Crippen LogP contribution in [0.15, 0.2) is 29.2 Å². The van der Waals surface area contributed by atoms with Crippen LogP contribution in [-0.2, 0) is 13.2 Å². The fraction of sp³-hybridized carbons (Fsp3) is 0.500. The number of aromatic nitrogens is 4. The fourth-order valence-corrected chi connectivity index (χ4v) is 2.97. The van der Waals surface area contributed by atoms with Gasteiger partial charge in [0.2, 0.25) is 5.95 Å². The molecule has 0 amide bonds. The van der Waals surface area contributed by atoms with Crippen LogP contribution in [-0.4, -0.2) is 38.9 Å². The number of rotatable bonds is 4. The predicted octanol–water partition coefficient (Wildman–Crippen LogP) is 2.06. The van der Waals surface area contributed by atoms with Gasteiger partial charge >= 0.3 is 6.18 Å². The van der Waals surface area contributed by atoms with Gasteiger partial charge in [0.15, 0.2) is 0 Å². The Labute approximate surface area is 147 Å². The molecule has 1 N–H and O–H groups in total. The van der Waals surface area contributed by atoms with Crippen molar-refractivity contribution in [2.24, 2.45) is 7.05 Å². The Bertz CT molecular complexity index is 822. The second kappa shape index (κ2) is 7.30. The Morgan fingerprint density at radius 2 is 2.08 bits per heavy atom. The normalized spacial score (nSPS) is 18.0. The Morgan fingerprint density at radius 1 is 1.27 bits per heavy atom. The molecular formula is C16H19F3N6O. The second-order valence-electron chi connectivity index (χ2n) is 6.14. The zero-order valence-electron chi connectivity index (χ0n) is 14.2.